The average Bonchev–Trinajstić information content (AvgIpc) is 2.98. The lowest BCUT2D eigenvalue weighted by atomic mass is 10.0. The average molecular weight is 408 g/mol. The van der Waals surface area contributed by atoms with E-state index in [0.29, 0.717) is 28.5 Å². The van der Waals surface area contributed by atoms with E-state index in [-0.39, 0.29) is 17.8 Å². The van der Waals surface area contributed by atoms with Crippen LogP contribution in [0, 0.1) is 6.92 Å². The van der Waals surface area contributed by atoms with Crippen LogP contribution >= 0.6 is 0 Å². The fraction of sp³-hybridized carbons (Fsp3) is 0.217. The van der Waals surface area contributed by atoms with Crippen molar-refractivity contribution in [2.45, 2.75) is 6.92 Å². The summed E-state index contributed by atoms with van der Waals surface area (Å²) in [6.07, 6.45) is 1.51. The number of rotatable bonds is 8. The summed E-state index contributed by atoms with van der Waals surface area (Å²) in [5.41, 5.74) is 2.51. The monoisotopic (exact) mass is 408 g/mol. The van der Waals surface area contributed by atoms with E-state index in [0.717, 1.165) is 10.5 Å². The van der Waals surface area contributed by atoms with Gasteiger partial charge in [-0.05, 0) is 42.3 Å². The Kier molecular flexibility index (Phi) is 6.11. The molecule has 0 unspecified atom stereocenters. The van der Waals surface area contributed by atoms with Crippen molar-refractivity contribution in [1.29, 1.82) is 0 Å². The third-order valence-electron chi connectivity index (χ3n) is 4.77. The summed E-state index contributed by atoms with van der Waals surface area (Å²) >= 11 is 0. The van der Waals surface area contributed by atoms with Gasteiger partial charge in [-0.1, -0.05) is 18.2 Å². The zero-order valence-electron chi connectivity index (χ0n) is 17.4. The number of benzene rings is 2. The number of aryl methyl sites for hydroxylation is 1. The van der Waals surface area contributed by atoms with Crippen molar-refractivity contribution in [2.24, 2.45) is 0 Å². The molecule has 7 heteroatoms. The second-order valence-corrected chi connectivity index (χ2v) is 6.66. The number of ether oxygens (including phenoxy) is 3. The molecule has 0 spiro atoms. The van der Waals surface area contributed by atoms with Gasteiger partial charge in [-0.3, -0.25) is 14.5 Å². The molecule has 2 aromatic carbocycles. The van der Waals surface area contributed by atoms with E-state index in [2.05, 4.69) is 11.9 Å². The van der Waals surface area contributed by atoms with Crippen molar-refractivity contribution in [3.63, 3.8) is 0 Å². The molecule has 1 aliphatic heterocycles. The van der Waals surface area contributed by atoms with Gasteiger partial charge in [-0.2, -0.15) is 0 Å². The first-order chi connectivity index (χ1) is 14.4. The Hall–Kier alpha value is -3.74. The first kappa shape index (κ1) is 21.0. The number of anilines is 1. The largest absolute Gasteiger partial charge is 0.495 e. The van der Waals surface area contributed by atoms with Crippen molar-refractivity contribution in [1.82, 2.24) is 4.90 Å². The fourth-order valence-electron chi connectivity index (χ4n) is 3.30. The van der Waals surface area contributed by atoms with Gasteiger partial charge in [-0.25, -0.2) is 0 Å². The molecule has 7 nitrogen and oxygen atoms in total. The summed E-state index contributed by atoms with van der Waals surface area (Å²) in [5, 5.41) is 3.12. The van der Waals surface area contributed by atoms with Crippen molar-refractivity contribution in [3.8, 4) is 17.2 Å². The Bertz CT molecular complexity index is 1040. The number of nitrogens with zero attached hydrogens (tertiary/aromatic N) is 1. The molecule has 0 aliphatic carbocycles. The predicted molar refractivity (Wildman–Crippen MR) is 115 cm³/mol. The molecule has 0 bridgehead atoms. The Morgan fingerprint density at radius 2 is 1.60 bits per heavy atom. The molecule has 0 fully saturated rings. The van der Waals surface area contributed by atoms with Crippen LogP contribution in [-0.2, 0) is 9.59 Å². The van der Waals surface area contributed by atoms with Crippen LogP contribution in [0.5, 0.6) is 17.2 Å². The lowest BCUT2D eigenvalue weighted by Crippen LogP contribution is -2.32. The molecule has 30 heavy (non-hydrogen) atoms. The summed E-state index contributed by atoms with van der Waals surface area (Å²) in [5.74, 6) is 0.686. The van der Waals surface area contributed by atoms with Crippen molar-refractivity contribution < 1.29 is 23.8 Å². The van der Waals surface area contributed by atoms with Crippen molar-refractivity contribution >= 4 is 23.1 Å². The highest BCUT2D eigenvalue weighted by atomic mass is 16.5. The van der Waals surface area contributed by atoms with Gasteiger partial charge in [0.25, 0.3) is 11.8 Å². The molecule has 1 N–H and O–H groups in total. The topological polar surface area (TPSA) is 77.1 Å². The molecule has 0 radical (unpaired) electrons. The van der Waals surface area contributed by atoms with Gasteiger partial charge in [0.15, 0.2) is 11.5 Å². The lowest BCUT2D eigenvalue weighted by molar-refractivity contribution is -0.136. The molecule has 0 saturated carbocycles. The maximum atomic E-state index is 13.1. The second kappa shape index (κ2) is 8.73. The van der Waals surface area contributed by atoms with E-state index in [9.17, 15) is 9.59 Å². The number of hydrogen-bond acceptors (Lipinski definition) is 6. The van der Waals surface area contributed by atoms with Crippen molar-refractivity contribution in [3.05, 3.63) is 65.9 Å². The van der Waals surface area contributed by atoms with Crippen LogP contribution in [0.1, 0.15) is 11.1 Å². The van der Waals surface area contributed by atoms with Gasteiger partial charge in [0.2, 0.25) is 0 Å². The maximum absolute atomic E-state index is 13.1. The molecule has 2 aromatic rings. The molecule has 0 atom stereocenters. The van der Waals surface area contributed by atoms with Gasteiger partial charge < -0.3 is 19.5 Å². The van der Waals surface area contributed by atoms with E-state index in [1.807, 2.05) is 19.1 Å². The number of hydrogen-bond donors (Lipinski definition) is 1. The lowest BCUT2D eigenvalue weighted by Gasteiger charge is -2.14. The van der Waals surface area contributed by atoms with Gasteiger partial charge in [-0.15, -0.1) is 6.58 Å². The summed E-state index contributed by atoms with van der Waals surface area (Å²) in [6, 6.07) is 10.6. The standard InChI is InChI=1S/C23H24N2O5/c1-6-11-25-22(26)20(15-8-10-18(29-4)19(13-15)30-5)21(23(25)27)24-16-12-14(2)7-9-17(16)28-3/h6-10,12-13,24H,1,11H2,2-5H3. The van der Waals surface area contributed by atoms with E-state index in [4.69, 9.17) is 14.2 Å². The van der Waals surface area contributed by atoms with Crippen LogP contribution in [0.4, 0.5) is 5.69 Å². The second-order valence-electron chi connectivity index (χ2n) is 6.66. The molecule has 1 aliphatic rings. The molecule has 0 aromatic heterocycles. The quantitative estimate of drug-likeness (QED) is 0.533. The number of nitrogens with one attached hydrogen (secondary N) is 1. The fourth-order valence-corrected chi connectivity index (χ4v) is 3.30. The van der Waals surface area contributed by atoms with Crippen LogP contribution in [0.2, 0.25) is 0 Å². The third kappa shape index (κ3) is 3.74. The SMILES string of the molecule is C=CCN1C(=O)C(Nc2cc(C)ccc2OC)=C(c2ccc(OC)c(OC)c2)C1=O. The van der Waals surface area contributed by atoms with Crippen LogP contribution in [0.25, 0.3) is 5.57 Å². The van der Waals surface area contributed by atoms with Crippen LogP contribution in [0.15, 0.2) is 54.8 Å². The Balaban J connectivity index is 2.16. The molecule has 2 amide bonds. The molecular weight excluding hydrogens is 384 g/mol. The summed E-state index contributed by atoms with van der Waals surface area (Å²) < 4.78 is 16.1. The number of methoxy groups -OCH3 is 3. The first-order valence-electron chi connectivity index (χ1n) is 9.30. The summed E-state index contributed by atoms with van der Waals surface area (Å²) in [6.45, 7) is 5.68. The molecule has 0 saturated heterocycles. The maximum Gasteiger partial charge on any atom is 0.278 e. The van der Waals surface area contributed by atoms with Gasteiger partial charge >= 0.3 is 0 Å². The molecule has 3 rings (SSSR count). The number of carbonyl (C=O) groups is 2. The molecule has 156 valence electrons. The van der Waals surface area contributed by atoms with E-state index < -0.39 is 11.8 Å². The van der Waals surface area contributed by atoms with Crippen LogP contribution in [-0.4, -0.2) is 44.6 Å². The minimum atomic E-state index is -0.437. The minimum Gasteiger partial charge on any atom is -0.495 e. The normalized spacial score (nSPS) is 13.5. The number of imide groups is 1. The van der Waals surface area contributed by atoms with E-state index in [1.165, 1.54) is 20.3 Å². The van der Waals surface area contributed by atoms with Gasteiger partial charge in [0.05, 0.1) is 32.6 Å². The summed E-state index contributed by atoms with van der Waals surface area (Å²) in [4.78, 5) is 27.4. The smallest absolute Gasteiger partial charge is 0.278 e. The van der Waals surface area contributed by atoms with Gasteiger partial charge in [0.1, 0.15) is 11.4 Å². The Labute approximate surface area is 175 Å². The zero-order chi connectivity index (χ0) is 21.8. The van der Waals surface area contributed by atoms with Crippen LogP contribution < -0.4 is 19.5 Å². The highest BCUT2D eigenvalue weighted by molar-refractivity contribution is 6.36. The van der Waals surface area contributed by atoms with Crippen LogP contribution in [0.3, 0.4) is 0 Å². The predicted octanol–water partition coefficient (Wildman–Crippen LogP) is 3.40. The highest BCUT2D eigenvalue weighted by Crippen LogP contribution is 2.37. The molecular formula is C23H24N2O5. The van der Waals surface area contributed by atoms with E-state index in [1.54, 1.807) is 31.4 Å². The molecule has 1 heterocycles. The number of amides is 2. The zero-order valence-corrected chi connectivity index (χ0v) is 17.4. The van der Waals surface area contributed by atoms with Crippen molar-refractivity contribution in [2.75, 3.05) is 33.2 Å². The minimum absolute atomic E-state index is 0.102. The Morgan fingerprint density at radius 1 is 0.933 bits per heavy atom. The summed E-state index contributed by atoms with van der Waals surface area (Å²) in [7, 11) is 4.59. The van der Waals surface area contributed by atoms with Gasteiger partial charge in [0, 0.05) is 6.54 Å². The highest BCUT2D eigenvalue weighted by Gasteiger charge is 2.39. The number of carbonyl (C=O) groups excluding carboxylic acids is 2. The third-order valence-corrected chi connectivity index (χ3v) is 4.77. The van der Waals surface area contributed by atoms with E-state index >= 15 is 0 Å². The first-order valence-corrected chi connectivity index (χ1v) is 9.30. The Morgan fingerprint density at radius 3 is 2.23 bits per heavy atom.